The molecule has 2 rings (SSSR count). The van der Waals surface area contributed by atoms with Gasteiger partial charge in [0.2, 0.25) is 0 Å². The lowest BCUT2D eigenvalue weighted by atomic mass is 9.85. The number of nitrogens with zero attached hydrogens (tertiary/aromatic N) is 1. The number of hydrogen-bond donors (Lipinski definition) is 2. The molecule has 1 fully saturated rings. The van der Waals surface area contributed by atoms with E-state index in [0.29, 0.717) is 17.9 Å². The highest BCUT2D eigenvalue weighted by Gasteiger charge is 2.22. The molecule has 0 radical (unpaired) electrons. The molecule has 1 aliphatic rings. The van der Waals surface area contributed by atoms with Crippen molar-refractivity contribution in [1.82, 2.24) is 9.97 Å². The zero-order chi connectivity index (χ0) is 10.8. The predicted molar refractivity (Wildman–Crippen MR) is 57.0 cm³/mol. The molecule has 4 nitrogen and oxygen atoms in total. The van der Waals surface area contributed by atoms with E-state index in [2.05, 4.69) is 9.97 Å². The number of aliphatic hydroxyl groups is 1. The van der Waals surface area contributed by atoms with E-state index in [1.165, 1.54) is 6.42 Å². The number of aliphatic hydroxyl groups excluding tert-OH is 1. The normalized spacial score (nSPS) is 16.4. The number of aromatic amines is 1. The van der Waals surface area contributed by atoms with Crippen LogP contribution in [0.25, 0.3) is 0 Å². The molecule has 1 heterocycles. The van der Waals surface area contributed by atoms with Crippen LogP contribution >= 0.6 is 0 Å². The molecule has 0 aromatic carbocycles. The number of nitrogens with one attached hydrogen (secondary N) is 1. The highest BCUT2D eigenvalue weighted by molar-refractivity contribution is 5.18. The van der Waals surface area contributed by atoms with Crippen LogP contribution in [0.15, 0.2) is 4.79 Å². The van der Waals surface area contributed by atoms with E-state index in [4.69, 9.17) is 5.11 Å². The van der Waals surface area contributed by atoms with Gasteiger partial charge in [-0.15, -0.1) is 0 Å². The Morgan fingerprint density at radius 1 is 1.53 bits per heavy atom. The van der Waals surface area contributed by atoms with Crippen molar-refractivity contribution in [2.24, 2.45) is 0 Å². The molecule has 0 amide bonds. The molecule has 0 unspecified atom stereocenters. The van der Waals surface area contributed by atoms with E-state index >= 15 is 0 Å². The maximum absolute atomic E-state index is 11.7. The van der Waals surface area contributed by atoms with Crippen LogP contribution in [-0.4, -0.2) is 21.7 Å². The molecule has 1 aliphatic carbocycles. The second-order valence-corrected chi connectivity index (χ2v) is 4.12. The molecule has 82 valence electrons. The fourth-order valence-electron chi connectivity index (χ4n) is 1.91. The highest BCUT2D eigenvalue weighted by Crippen LogP contribution is 2.33. The van der Waals surface area contributed by atoms with E-state index in [1.807, 2.05) is 6.92 Å². The summed E-state index contributed by atoms with van der Waals surface area (Å²) in [4.78, 5) is 18.9. The van der Waals surface area contributed by atoms with Gasteiger partial charge in [-0.2, -0.15) is 0 Å². The molecule has 0 bridgehead atoms. The Morgan fingerprint density at radius 3 is 2.73 bits per heavy atom. The minimum absolute atomic E-state index is 0.00558. The van der Waals surface area contributed by atoms with E-state index in [-0.39, 0.29) is 12.2 Å². The van der Waals surface area contributed by atoms with Crippen LogP contribution in [-0.2, 0) is 6.42 Å². The summed E-state index contributed by atoms with van der Waals surface area (Å²) < 4.78 is 0. The fraction of sp³-hybridized carbons (Fsp3) is 0.636. The van der Waals surface area contributed by atoms with E-state index in [0.717, 1.165) is 24.4 Å². The smallest absolute Gasteiger partial charge is 0.254 e. The van der Waals surface area contributed by atoms with Crippen molar-refractivity contribution in [2.45, 2.75) is 38.5 Å². The third kappa shape index (κ3) is 1.95. The molecule has 1 saturated carbocycles. The average Bonchev–Trinajstić information content (AvgIpc) is 2.08. The van der Waals surface area contributed by atoms with Crippen LogP contribution in [0.3, 0.4) is 0 Å². The Morgan fingerprint density at radius 2 is 2.27 bits per heavy atom. The monoisotopic (exact) mass is 208 g/mol. The van der Waals surface area contributed by atoms with Crippen molar-refractivity contribution in [3.8, 4) is 0 Å². The Bertz CT molecular complexity index is 408. The van der Waals surface area contributed by atoms with Crippen LogP contribution < -0.4 is 5.56 Å². The fourth-order valence-corrected chi connectivity index (χ4v) is 1.91. The molecular weight excluding hydrogens is 192 g/mol. The molecule has 15 heavy (non-hydrogen) atoms. The van der Waals surface area contributed by atoms with Gasteiger partial charge < -0.3 is 10.1 Å². The van der Waals surface area contributed by atoms with Gasteiger partial charge >= 0.3 is 0 Å². The van der Waals surface area contributed by atoms with Crippen LogP contribution in [0, 0.1) is 6.92 Å². The maximum atomic E-state index is 11.7. The third-order valence-electron chi connectivity index (χ3n) is 3.09. The molecular formula is C11H16N2O2. The number of rotatable bonds is 3. The summed E-state index contributed by atoms with van der Waals surface area (Å²) in [5.41, 5.74) is 1.29. The second kappa shape index (κ2) is 4.14. The highest BCUT2D eigenvalue weighted by atomic mass is 16.3. The second-order valence-electron chi connectivity index (χ2n) is 4.12. The Kier molecular flexibility index (Phi) is 2.86. The molecule has 0 saturated heterocycles. The first-order chi connectivity index (χ1) is 7.22. The van der Waals surface area contributed by atoms with Gasteiger partial charge in [-0.05, 0) is 19.8 Å². The van der Waals surface area contributed by atoms with Gasteiger partial charge in [-0.3, -0.25) is 4.79 Å². The Hall–Kier alpha value is -1.16. The minimum Gasteiger partial charge on any atom is -0.396 e. The lowest BCUT2D eigenvalue weighted by Crippen LogP contribution is -2.23. The summed E-state index contributed by atoms with van der Waals surface area (Å²) in [5.74, 6) is 1.27. The van der Waals surface area contributed by atoms with Crippen molar-refractivity contribution in [3.05, 3.63) is 27.4 Å². The van der Waals surface area contributed by atoms with E-state index < -0.39 is 0 Å². The Balaban J connectivity index is 2.33. The van der Waals surface area contributed by atoms with Gasteiger partial charge in [0, 0.05) is 30.2 Å². The third-order valence-corrected chi connectivity index (χ3v) is 3.09. The lowest BCUT2D eigenvalue weighted by Gasteiger charge is -2.24. The van der Waals surface area contributed by atoms with Crippen LogP contribution in [0.5, 0.6) is 0 Å². The first kappa shape index (κ1) is 10.4. The molecule has 0 spiro atoms. The SMILES string of the molecule is Cc1nc(C2CCC2)[nH]c(=O)c1CCO. The van der Waals surface area contributed by atoms with Crippen molar-refractivity contribution in [1.29, 1.82) is 0 Å². The molecule has 1 aromatic rings. The predicted octanol–water partition coefficient (Wildman–Crippen LogP) is 0.881. The summed E-state index contributed by atoms with van der Waals surface area (Å²) in [7, 11) is 0. The summed E-state index contributed by atoms with van der Waals surface area (Å²) in [6, 6.07) is 0. The zero-order valence-electron chi connectivity index (χ0n) is 8.92. The van der Waals surface area contributed by atoms with E-state index in [9.17, 15) is 4.79 Å². The first-order valence-electron chi connectivity index (χ1n) is 5.43. The van der Waals surface area contributed by atoms with Crippen molar-refractivity contribution in [2.75, 3.05) is 6.61 Å². The summed E-state index contributed by atoms with van der Waals surface area (Å²) in [5, 5.41) is 8.82. The number of aryl methyl sites for hydroxylation is 1. The Labute approximate surface area is 88.4 Å². The number of aromatic nitrogens is 2. The largest absolute Gasteiger partial charge is 0.396 e. The molecule has 0 aliphatic heterocycles. The lowest BCUT2D eigenvalue weighted by molar-refractivity contribution is 0.298. The maximum Gasteiger partial charge on any atom is 0.254 e. The average molecular weight is 208 g/mol. The van der Waals surface area contributed by atoms with Crippen LogP contribution in [0.4, 0.5) is 0 Å². The number of hydrogen-bond acceptors (Lipinski definition) is 3. The standard InChI is InChI=1S/C11H16N2O2/c1-7-9(5-6-14)11(15)13-10(12-7)8-3-2-4-8/h8,14H,2-6H2,1H3,(H,12,13,15). The quantitative estimate of drug-likeness (QED) is 0.775. The van der Waals surface area contributed by atoms with Gasteiger partial charge in [-0.25, -0.2) is 4.98 Å². The zero-order valence-corrected chi connectivity index (χ0v) is 8.92. The van der Waals surface area contributed by atoms with Gasteiger partial charge in [-0.1, -0.05) is 6.42 Å². The minimum atomic E-state index is -0.0848. The summed E-state index contributed by atoms with van der Waals surface area (Å²) >= 11 is 0. The van der Waals surface area contributed by atoms with Crippen molar-refractivity contribution in [3.63, 3.8) is 0 Å². The molecule has 2 N–H and O–H groups in total. The van der Waals surface area contributed by atoms with Gasteiger partial charge in [0.1, 0.15) is 5.82 Å². The number of H-pyrrole nitrogens is 1. The molecule has 4 heteroatoms. The van der Waals surface area contributed by atoms with Gasteiger partial charge in [0.15, 0.2) is 0 Å². The van der Waals surface area contributed by atoms with Crippen molar-refractivity contribution >= 4 is 0 Å². The molecule has 1 aromatic heterocycles. The molecule has 0 atom stereocenters. The van der Waals surface area contributed by atoms with Crippen LogP contribution in [0.2, 0.25) is 0 Å². The first-order valence-corrected chi connectivity index (χ1v) is 5.43. The van der Waals surface area contributed by atoms with Crippen LogP contribution in [0.1, 0.15) is 42.3 Å². The topological polar surface area (TPSA) is 66.0 Å². The van der Waals surface area contributed by atoms with Gasteiger partial charge in [0.25, 0.3) is 5.56 Å². The summed E-state index contributed by atoms with van der Waals surface area (Å²) in [6.45, 7) is 1.83. The van der Waals surface area contributed by atoms with Crippen molar-refractivity contribution < 1.29 is 5.11 Å². The summed E-state index contributed by atoms with van der Waals surface area (Å²) in [6.07, 6.45) is 3.87. The van der Waals surface area contributed by atoms with E-state index in [1.54, 1.807) is 0 Å². The van der Waals surface area contributed by atoms with Gasteiger partial charge in [0.05, 0.1) is 0 Å².